The molecule has 0 bridgehead atoms. The fraction of sp³-hybridized carbons (Fsp3) is 0.192. The quantitative estimate of drug-likeness (QED) is 0.353. The summed E-state index contributed by atoms with van der Waals surface area (Å²) in [5.74, 6) is 0.515. The number of fused-ring (bicyclic) bond motifs is 2. The number of anilines is 1. The summed E-state index contributed by atoms with van der Waals surface area (Å²) in [6.07, 6.45) is 9.12. The van der Waals surface area contributed by atoms with Crippen LogP contribution in [0.25, 0.3) is 16.7 Å². The topological polar surface area (TPSA) is 120 Å². The summed E-state index contributed by atoms with van der Waals surface area (Å²) in [5, 5.41) is 11.0. The first kappa shape index (κ1) is 22.7. The van der Waals surface area contributed by atoms with Crippen molar-refractivity contribution in [3.63, 3.8) is 0 Å². The maximum Gasteiger partial charge on any atom is 0.277 e. The Hall–Kier alpha value is -4.80. The number of carbonyl (C=O) groups is 1. The first-order valence-electron chi connectivity index (χ1n) is 11.8. The molecule has 2 N–H and O–H groups in total. The van der Waals surface area contributed by atoms with Crippen molar-refractivity contribution < 1.29 is 13.6 Å². The second-order valence-corrected chi connectivity index (χ2v) is 8.76. The minimum absolute atomic E-state index is 0.200. The lowest BCUT2D eigenvalue weighted by Crippen LogP contribution is -2.36. The molecule has 0 saturated carbocycles. The molecule has 1 atom stereocenters. The predicted octanol–water partition coefficient (Wildman–Crippen LogP) is 3.13. The number of para-hydroxylation sites is 1. The fourth-order valence-corrected chi connectivity index (χ4v) is 4.51. The van der Waals surface area contributed by atoms with E-state index in [1.807, 2.05) is 6.07 Å². The molecule has 1 aromatic carbocycles. The van der Waals surface area contributed by atoms with Gasteiger partial charge in [0.1, 0.15) is 40.4 Å². The van der Waals surface area contributed by atoms with Crippen LogP contribution in [0.15, 0.2) is 76.6 Å². The van der Waals surface area contributed by atoms with Crippen LogP contribution < -0.4 is 16.2 Å². The summed E-state index contributed by atoms with van der Waals surface area (Å²) in [5.41, 5.74) is 1.73. The van der Waals surface area contributed by atoms with Gasteiger partial charge in [0.15, 0.2) is 0 Å². The van der Waals surface area contributed by atoms with E-state index < -0.39 is 6.04 Å². The van der Waals surface area contributed by atoms with Crippen LogP contribution in [0, 0.1) is 5.82 Å². The van der Waals surface area contributed by atoms with Gasteiger partial charge in [0, 0.05) is 42.5 Å². The van der Waals surface area contributed by atoms with Gasteiger partial charge in [-0.15, -0.1) is 0 Å². The van der Waals surface area contributed by atoms with Gasteiger partial charge in [-0.2, -0.15) is 5.10 Å². The molecule has 10 nitrogen and oxygen atoms in total. The van der Waals surface area contributed by atoms with Crippen LogP contribution in [0.5, 0.6) is 0 Å². The van der Waals surface area contributed by atoms with Crippen LogP contribution in [0.1, 0.15) is 29.6 Å². The molecular formula is C26H22FN7O3. The molecule has 186 valence electrons. The number of nitrogens with zero attached hydrogens (tertiary/aromatic N) is 5. The second-order valence-electron chi connectivity index (χ2n) is 8.76. The minimum atomic E-state index is -0.661. The number of aryl methyl sites for hydroxylation is 1. The van der Waals surface area contributed by atoms with Crippen molar-refractivity contribution in [3.8, 4) is 5.69 Å². The normalized spacial score (nSPS) is 14.6. The third-order valence-corrected chi connectivity index (χ3v) is 6.35. The van der Waals surface area contributed by atoms with Gasteiger partial charge < -0.3 is 15.1 Å². The number of carbonyl (C=O) groups excluding carboxylic acids is 1. The van der Waals surface area contributed by atoms with Gasteiger partial charge in [-0.05, 0) is 30.7 Å². The molecule has 1 aliphatic heterocycles. The molecule has 0 aliphatic carbocycles. The Morgan fingerprint density at radius 3 is 2.92 bits per heavy atom. The first-order chi connectivity index (χ1) is 18.1. The van der Waals surface area contributed by atoms with E-state index in [2.05, 4.69) is 25.7 Å². The molecule has 5 heterocycles. The van der Waals surface area contributed by atoms with Crippen molar-refractivity contribution in [2.45, 2.75) is 32.0 Å². The maximum atomic E-state index is 14.0. The van der Waals surface area contributed by atoms with Crippen molar-refractivity contribution in [2.75, 3.05) is 5.32 Å². The number of nitrogens with one attached hydrogen (secondary N) is 2. The second kappa shape index (κ2) is 9.34. The number of aromatic nitrogens is 5. The number of pyridine rings is 1. The minimum Gasteiger partial charge on any atom is -0.459 e. The van der Waals surface area contributed by atoms with Crippen LogP contribution in [0.2, 0.25) is 0 Å². The zero-order valence-corrected chi connectivity index (χ0v) is 19.6. The molecule has 0 unspecified atom stereocenters. The van der Waals surface area contributed by atoms with Crippen LogP contribution in [0.4, 0.5) is 10.1 Å². The number of hydrogen-bond donors (Lipinski definition) is 2. The van der Waals surface area contributed by atoms with Gasteiger partial charge in [-0.1, -0.05) is 12.1 Å². The van der Waals surface area contributed by atoms with Crippen molar-refractivity contribution in [1.29, 1.82) is 0 Å². The number of amides is 1. The van der Waals surface area contributed by atoms with Crippen molar-refractivity contribution in [2.24, 2.45) is 0 Å². The summed E-state index contributed by atoms with van der Waals surface area (Å²) in [7, 11) is 0. The fourth-order valence-electron chi connectivity index (χ4n) is 4.51. The highest BCUT2D eigenvalue weighted by Gasteiger charge is 2.31. The van der Waals surface area contributed by atoms with Crippen molar-refractivity contribution >= 4 is 22.6 Å². The molecule has 0 spiro atoms. The third-order valence-electron chi connectivity index (χ3n) is 6.35. The summed E-state index contributed by atoms with van der Waals surface area (Å²) < 4.78 is 22.7. The molecule has 4 aromatic heterocycles. The predicted molar refractivity (Wildman–Crippen MR) is 133 cm³/mol. The summed E-state index contributed by atoms with van der Waals surface area (Å²) in [6.45, 7) is 0.480. The Morgan fingerprint density at radius 1 is 1.16 bits per heavy atom. The lowest BCUT2D eigenvalue weighted by atomic mass is 10.2. The number of halogens is 1. The Kier molecular flexibility index (Phi) is 5.72. The van der Waals surface area contributed by atoms with E-state index in [-0.39, 0.29) is 36.1 Å². The Morgan fingerprint density at radius 2 is 2.05 bits per heavy atom. The van der Waals surface area contributed by atoms with Gasteiger partial charge in [0.05, 0.1) is 18.9 Å². The first-order valence-corrected chi connectivity index (χ1v) is 11.8. The van der Waals surface area contributed by atoms with Crippen LogP contribution in [0.3, 0.4) is 0 Å². The van der Waals surface area contributed by atoms with E-state index in [1.54, 1.807) is 49.1 Å². The average Bonchev–Trinajstić information content (AvgIpc) is 3.65. The zero-order valence-electron chi connectivity index (χ0n) is 19.6. The molecule has 6 rings (SSSR count). The molecule has 37 heavy (non-hydrogen) atoms. The van der Waals surface area contributed by atoms with E-state index in [4.69, 9.17) is 4.42 Å². The molecular weight excluding hydrogens is 477 g/mol. The van der Waals surface area contributed by atoms with Gasteiger partial charge >= 0.3 is 0 Å². The summed E-state index contributed by atoms with van der Waals surface area (Å²) >= 11 is 0. The third kappa shape index (κ3) is 4.35. The summed E-state index contributed by atoms with van der Waals surface area (Å²) in [4.78, 5) is 34.7. The van der Waals surface area contributed by atoms with E-state index in [0.29, 0.717) is 35.7 Å². The highest BCUT2D eigenvalue weighted by Crippen LogP contribution is 2.24. The van der Waals surface area contributed by atoms with Crippen molar-refractivity contribution in [3.05, 3.63) is 101 Å². The Bertz CT molecular complexity index is 1640. The molecule has 0 saturated heterocycles. The molecule has 1 amide bonds. The van der Waals surface area contributed by atoms with Crippen molar-refractivity contribution in [1.82, 2.24) is 29.6 Å². The molecule has 1 aliphatic rings. The maximum absolute atomic E-state index is 14.0. The van der Waals surface area contributed by atoms with E-state index in [0.717, 1.165) is 10.9 Å². The highest BCUT2D eigenvalue weighted by atomic mass is 19.1. The molecule has 0 radical (unpaired) electrons. The number of furan rings is 1. The zero-order chi connectivity index (χ0) is 25.4. The van der Waals surface area contributed by atoms with Gasteiger partial charge in [-0.3, -0.25) is 19.1 Å². The number of hydrogen-bond acceptors (Lipinski definition) is 7. The van der Waals surface area contributed by atoms with Crippen LogP contribution in [-0.4, -0.2) is 30.2 Å². The van der Waals surface area contributed by atoms with Crippen LogP contribution >= 0.6 is 0 Å². The van der Waals surface area contributed by atoms with Gasteiger partial charge in [-0.25, -0.2) is 14.1 Å². The molecule has 0 fully saturated rings. The van der Waals surface area contributed by atoms with E-state index >= 15 is 0 Å². The molecule has 5 aromatic rings. The number of benzene rings is 1. The largest absolute Gasteiger partial charge is 0.459 e. The standard InChI is InChI=1S/C26H22FN7O3/c27-19-3-1-2-4-21(19)33-15-16(11-32-33)10-29-20-14-30-24-6-5-22(34(24)26(20)36)25(35)31-13-18-9-17-12-28-8-7-23(17)37-18/h1-4,7-9,11-12,14-15,22,29H,5-6,10,13H2,(H,31,35)/t22-/m0/s1. The SMILES string of the molecule is O=C(NCc1cc2cnccc2o1)[C@@H]1CCc2ncc(NCc3cnn(-c4ccccc4F)c3)c(=O)n21. The summed E-state index contributed by atoms with van der Waals surface area (Å²) in [6, 6.07) is 9.28. The Balaban J connectivity index is 1.14. The van der Waals surface area contributed by atoms with Crippen LogP contribution in [-0.2, 0) is 24.3 Å². The lowest BCUT2D eigenvalue weighted by Gasteiger charge is -2.15. The smallest absolute Gasteiger partial charge is 0.277 e. The Labute approximate surface area is 209 Å². The molecule has 11 heteroatoms. The average molecular weight is 500 g/mol. The van der Waals surface area contributed by atoms with E-state index in [1.165, 1.54) is 21.5 Å². The van der Waals surface area contributed by atoms with E-state index in [9.17, 15) is 14.0 Å². The monoisotopic (exact) mass is 499 g/mol. The number of rotatable bonds is 7. The van der Waals surface area contributed by atoms with Gasteiger partial charge in [0.2, 0.25) is 5.91 Å². The highest BCUT2D eigenvalue weighted by molar-refractivity contribution is 5.81. The van der Waals surface area contributed by atoms with Gasteiger partial charge in [0.25, 0.3) is 5.56 Å². The lowest BCUT2D eigenvalue weighted by molar-refractivity contribution is -0.124.